The van der Waals surface area contributed by atoms with E-state index in [0.29, 0.717) is 16.7 Å². The summed E-state index contributed by atoms with van der Waals surface area (Å²) in [6.07, 6.45) is 1.51. The molecule has 1 aliphatic rings. The Morgan fingerprint density at radius 3 is 2.63 bits per heavy atom. The minimum absolute atomic E-state index is 0.0961. The molecule has 4 nitrogen and oxygen atoms in total. The van der Waals surface area contributed by atoms with E-state index in [4.69, 9.17) is 0 Å². The minimum Gasteiger partial charge on any atom is -0.352 e. The molecule has 1 aliphatic heterocycles. The Kier molecular flexibility index (Phi) is 7.24. The molecule has 0 radical (unpaired) electrons. The van der Waals surface area contributed by atoms with Gasteiger partial charge in [0.1, 0.15) is 0 Å². The Morgan fingerprint density at radius 1 is 1.07 bits per heavy atom. The third-order valence-electron chi connectivity index (χ3n) is 4.30. The van der Waals surface area contributed by atoms with Gasteiger partial charge in [0.05, 0.1) is 4.58 Å². The normalized spacial score (nSPS) is 14.6. The maximum absolute atomic E-state index is 12.2. The molecule has 1 saturated heterocycles. The van der Waals surface area contributed by atoms with Gasteiger partial charge >= 0.3 is 0 Å². The monoisotopic (exact) mass is 400 g/mol. The highest BCUT2D eigenvalue weighted by Gasteiger charge is 2.17. The zero-order valence-electron chi connectivity index (χ0n) is 15.4. The van der Waals surface area contributed by atoms with Crippen molar-refractivity contribution in [2.45, 2.75) is 24.3 Å². The van der Waals surface area contributed by atoms with Crippen molar-refractivity contribution in [3.8, 4) is 0 Å². The summed E-state index contributed by atoms with van der Waals surface area (Å²) < 4.78 is 0.448. The third kappa shape index (κ3) is 5.78. The van der Waals surface area contributed by atoms with Crippen molar-refractivity contribution in [2.75, 3.05) is 23.4 Å². The Bertz CT molecular complexity index is 804. The van der Waals surface area contributed by atoms with E-state index in [1.807, 2.05) is 60.8 Å². The summed E-state index contributed by atoms with van der Waals surface area (Å²) in [5.74, 6) is 2.14. The molecular weight excluding hydrogens is 376 g/mol. The van der Waals surface area contributed by atoms with E-state index < -0.39 is 0 Å². The van der Waals surface area contributed by atoms with Crippen molar-refractivity contribution in [2.24, 2.45) is 0 Å². The molecule has 2 aromatic carbocycles. The Balaban J connectivity index is 1.48. The molecule has 2 N–H and O–H groups in total. The first-order chi connectivity index (χ1) is 13.1. The minimum atomic E-state index is -0.144. The molecular formula is C21H24N2O2S2. The molecule has 142 valence electrons. The Labute approximate surface area is 168 Å². The van der Waals surface area contributed by atoms with Crippen LogP contribution in [0.4, 0.5) is 5.69 Å². The Hall–Kier alpha value is -1.92. The number of thioether (sulfide) groups is 2. The predicted octanol–water partition coefficient (Wildman–Crippen LogP) is 4.62. The summed E-state index contributed by atoms with van der Waals surface area (Å²) in [7, 11) is 0. The molecule has 2 aromatic rings. The topological polar surface area (TPSA) is 58.2 Å². The van der Waals surface area contributed by atoms with Gasteiger partial charge in [-0.3, -0.25) is 9.59 Å². The van der Waals surface area contributed by atoms with Crippen molar-refractivity contribution in [1.29, 1.82) is 0 Å². The van der Waals surface area contributed by atoms with Gasteiger partial charge in [-0.1, -0.05) is 30.3 Å². The summed E-state index contributed by atoms with van der Waals surface area (Å²) in [4.78, 5) is 24.4. The molecule has 0 atom stereocenters. The summed E-state index contributed by atoms with van der Waals surface area (Å²) >= 11 is 3.93. The first-order valence-corrected chi connectivity index (χ1v) is 11.2. The van der Waals surface area contributed by atoms with Crippen LogP contribution < -0.4 is 10.6 Å². The van der Waals surface area contributed by atoms with Crippen LogP contribution >= 0.6 is 23.5 Å². The number of carbonyl (C=O) groups is 2. The highest BCUT2D eigenvalue weighted by atomic mass is 32.2. The molecule has 2 amide bonds. The lowest BCUT2D eigenvalue weighted by atomic mass is 10.1. The number of carbonyl (C=O) groups excluding carboxylic acids is 2. The van der Waals surface area contributed by atoms with E-state index in [1.165, 1.54) is 23.5 Å². The highest BCUT2D eigenvalue weighted by Crippen LogP contribution is 2.44. The quantitative estimate of drug-likeness (QED) is 0.743. The number of nitrogens with one attached hydrogen (secondary N) is 2. The van der Waals surface area contributed by atoms with Crippen LogP contribution in [-0.4, -0.2) is 29.9 Å². The number of anilines is 1. The van der Waals surface area contributed by atoms with E-state index in [1.54, 1.807) is 6.07 Å². The van der Waals surface area contributed by atoms with Crippen molar-refractivity contribution in [3.05, 3.63) is 65.2 Å². The van der Waals surface area contributed by atoms with Crippen molar-refractivity contribution in [1.82, 2.24) is 5.32 Å². The average molecular weight is 401 g/mol. The lowest BCUT2D eigenvalue weighted by Gasteiger charge is -2.21. The summed E-state index contributed by atoms with van der Waals surface area (Å²) in [6, 6.07) is 15.5. The van der Waals surface area contributed by atoms with Crippen molar-refractivity contribution < 1.29 is 9.59 Å². The van der Waals surface area contributed by atoms with Crippen LogP contribution in [0.5, 0.6) is 0 Å². The van der Waals surface area contributed by atoms with E-state index in [2.05, 4.69) is 22.8 Å². The molecule has 0 spiro atoms. The van der Waals surface area contributed by atoms with Gasteiger partial charge in [0.15, 0.2) is 0 Å². The fourth-order valence-corrected chi connectivity index (χ4v) is 5.75. The fraction of sp³-hybridized carbons (Fsp3) is 0.333. The highest BCUT2D eigenvalue weighted by molar-refractivity contribution is 8.16. The maximum atomic E-state index is 12.2. The first-order valence-electron chi connectivity index (χ1n) is 9.10. The standard InChI is InChI=1S/C21H24N2O2S2/c1-15-6-2-3-9-18(15)20(25)22-11-10-19(24)23-17-8-4-7-16(14-17)21-26-12-5-13-27-21/h2-4,6-9,14,21H,5,10-13H2,1H3,(H,22,25)(H,23,24). The van der Waals surface area contributed by atoms with E-state index in [-0.39, 0.29) is 18.2 Å². The molecule has 1 heterocycles. The molecule has 0 unspecified atom stereocenters. The zero-order chi connectivity index (χ0) is 19.1. The molecule has 27 heavy (non-hydrogen) atoms. The third-order valence-corrected chi connectivity index (χ3v) is 7.31. The zero-order valence-corrected chi connectivity index (χ0v) is 17.0. The molecule has 1 fully saturated rings. The smallest absolute Gasteiger partial charge is 0.251 e. The second kappa shape index (κ2) is 9.85. The second-order valence-corrected chi connectivity index (χ2v) is 9.15. The van der Waals surface area contributed by atoms with Gasteiger partial charge in [-0.2, -0.15) is 0 Å². The van der Waals surface area contributed by atoms with E-state index in [0.717, 1.165) is 11.3 Å². The van der Waals surface area contributed by atoms with Gasteiger partial charge in [0, 0.05) is 24.2 Å². The lowest BCUT2D eigenvalue weighted by Crippen LogP contribution is -2.28. The number of rotatable bonds is 6. The van der Waals surface area contributed by atoms with Gasteiger partial charge in [0.25, 0.3) is 5.91 Å². The molecule has 0 aliphatic carbocycles. The van der Waals surface area contributed by atoms with Crippen molar-refractivity contribution >= 4 is 41.0 Å². The van der Waals surface area contributed by atoms with E-state index >= 15 is 0 Å². The number of aryl methyl sites for hydroxylation is 1. The molecule has 0 bridgehead atoms. The molecule has 3 rings (SSSR count). The van der Waals surface area contributed by atoms with Crippen LogP contribution in [-0.2, 0) is 4.79 Å². The van der Waals surface area contributed by atoms with Gasteiger partial charge in [0.2, 0.25) is 5.91 Å². The fourth-order valence-electron chi connectivity index (χ4n) is 2.88. The van der Waals surface area contributed by atoms with Gasteiger partial charge in [-0.25, -0.2) is 0 Å². The molecule has 0 aromatic heterocycles. The summed E-state index contributed by atoms with van der Waals surface area (Å²) in [6.45, 7) is 2.21. The number of amides is 2. The number of hydrogen-bond acceptors (Lipinski definition) is 4. The van der Waals surface area contributed by atoms with Crippen LogP contribution in [0, 0.1) is 6.92 Å². The summed E-state index contributed by atoms with van der Waals surface area (Å²) in [5.41, 5.74) is 3.63. The SMILES string of the molecule is Cc1ccccc1C(=O)NCCC(=O)Nc1cccc(C2SCCCS2)c1. The second-order valence-electron chi connectivity index (χ2n) is 6.42. The maximum Gasteiger partial charge on any atom is 0.251 e. The lowest BCUT2D eigenvalue weighted by molar-refractivity contribution is -0.116. The van der Waals surface area contributed by atoms with Crippen LogP contribution in [0.1, 0.15) is 38.9 Å². The first kappa shape index (κ1) is 19.8. The summed E-state index contributed by atoms with van der Waals surface area (Å²) in [5, 5.41) is 5.75. The van der Waals surface area contributed by atoms with Gasteiger partial charge < -0.3 is 10.6 Å². The van der Waals surface area contributed by atoms with Crippen molar-refractivity contribution in [3.63, 3.8) is 0 Å². The Morgan fingerprint density at radius 2 is 1.85 bits per heavy atom. The molecule has 0 saturated carbocycles. The van der Waals surface area contributed by atoms with Crippen LogP contribution in [0.2, 0.25) is 0 Å². The predicted molar refractivity (Wildman–Crippen MR) is 115 cm³/mol. The van der Waals surface area contributed by atoms with Crippen LogP contribution in [0.25, 0.3) is 0 Å². The number of hydrogen-bond donors (Lipinski definition) is 2. The largest absolute Gasteiger partial charge is 0.352 e. The average Bonchev–Trinajstić information content (AvgIpc) is 2.69. The van der Waals surface area contributed by atoms with Crippen LogP contribution in [0.15, 0.2) is 48.5 Å². The molecule has 6 heteroatoms. The van der Waals surface area contributed by atoms with Gasteiger partial charge in [-0.05, 0) is 54.2 Å². The van der Waals surface area contributed by atoms with Gasteiger partial charge in [-0.15, -0.1) is 23.5 Å². The van der Waals surface area contributed by atoms with Crippen LogP contribution in [0.3, 0.4) is 0 Å². The van der Waals surface area contributed by atoms with E-state index in [9.17, 15) is 9.59 Å². The number of benzene rings is 2.